The van der Waals surface area contributed by atoms with Crippen LogP contribution in [0.1, 0.15) is 16.7 Å². The van der Waals surface area contributed by atoms with Crippen molar-refractivity contribution >= 4 is 22.4 Å². The summed E-state index contributed by atoms with van der Waals surface area (Å²) in [6.45, 7) is 2.46. The third-order valence-corrected chi connectivity index (χ3v) is 6.04. The van der Waals surface area contributed by atoms with Crippen LogP contribution in [0.2, 0.25) is 0 Å². The lowest BCUT2D eigenvalue weighted by molar-refractivity contribution is 0.305. The van der Waals surface area contributed by atoms with Gasteiger partial charge in [0.25, 0.3) is 5.56 Å². The summed E-state index contributed by atoms with van der Waals surface area (Å²) in [5.74, 6) is 1.30. The molecule has 0 bridgehead atoms. The van der Waals surface area contributed by atoms with Crippen LogP contribution in [-0.4, -0.2) is 14.6 Å². The number of nitrogens with zero attached hydrogens (tertiary/aromatic N) is 3. The Morgan fingerprint density at radius 1 is 0.935 bits per heavy atom. The van der Waals surface area contributed by atoms with E-state index in [1.807, 2.05) is 91.9 Å². The Morgan fingerprint density at radius 3 is 2.52 bits per heavy atom. The normalized spacial score (nSPS) is 11.8. The van der Waals surface area contributed by atoms with Crippen molar-refractivity contribution in [1.29, 1.82) is 0 Å². The third-order valence-electron chi connectivity index (χ3n) is 5.08. The minimum Gasteiger partial charge on any atom is -0.488 e. The molecule has 5 nitrogen and oxygen atoms in total. The van der Waals surface area contributed by atoms with Gasteiger partial charge in [0.05, 0.1) is 4.53 Å². The Balaban J connectivity index is 1.55. The molecule has 6 heteroatoms. The predicted octanol–water partition coefficient (Wildman–Crippen LogP) is 4.25. The fourth-order valence-electron chi connectivity index (χ4n) is 3.47. The van der Waals surface area contributed by atoms with E-state index in [0.29, 0.717) is 21.9 Å². The van der Waals surface area contributed by atoms with Gasteiger partial charge in [-0.05, 0) is 30.2 Å². The Labute approximate surface area is 182 Å². The van der Waals surface area contributed by atoms with E-state index in [2.05, 4.69) is 10.2 Å². The van der Waals surface area contributed by atoms with Gasteiger partial charge < -0.3 is 4.74 Å². The molecule has 0 aliphatic rings. The molecule has 2 heterocycles. The molecule has 2 aromatic heterocycles. The van der Waals surface area contributed by atoms with Crippen LogP contribution in [0.15, 0.2) is 83.7 Å². The van der Waals surface area contributed by atoms with Gasteiger partial charge in [0.1, 0.15) is 12.4 Å². The zero-order chi connectivity index (χ0) is 21.2. The number of fused-ring (bicyclic) bond motifs is 1. The van der Waals surface area contributed by atoms with E-state index in [9.17, 15) is 4.79 Å². The van der Waals surface area contributed by atoms with E-state index in [1.54, 1.807) is 4.40 Å². The molecule has 0 aliphatic carbocycles. The molecule has 0 saturated heterocycles. The van der Waals surface area contributed by atoms with Crippen molar-refractivity contribution < 1.29 is 4.74 Å². The summed E-state index contributed by atoms with van der Waals surface area (Å²) in [5, 5.41) is 8.50. The first-order chi connectivity index (χ1) is 15.2. The maximum Gasteiger partial charge on any atom is 0.276 e. The monoisotopic (exact) mass is 425 g/mol. The second-order valence-electron chi connectivity index (χ2n) is 7.18. The standard InChI is InChI=1S/C25H19N3O2S/c1-17-9-5-7-13-20(17)23-26-27-25-28(23)24(29)22(31-25)15-19-12-6-8-14-21(19)30-16-18-10-3-2-4-11-18/h2-15H,16H2,1H3/b22-15+. The smallest absolute Gasteiger partial charge is 0.276 e. The van der Waals surface area contributed by atoms with Gasteiger partial charge in [-0.2, -0.15) is 0 Å². The molecule has 0 amide bonds. The van der Waals surface area contributed by atoms with Gasteiger partial charge in [-0.3, -0.25) is 4.79 Å². The van der Waals surface area contributed by atoms with Gasteiger partial charge in [-0.15, -0.1) is 10.2 Å². The van der Waals surface area contributed by atoms with Crippen molar-refractivity contribution in [2.45, 2.75) is 13.5 Å². The summed E-state index contributed by atoms with van der Waals surface area (Å²) in [6.07, 6.45) is 1.86. The quantitative estimate of drug-likeness (QED) is 0.422. The van der Waals surface area contributed by atoms with E-state index in [4.69, 9.17) is 4.74 Å². The lowest BCUT2D eigenvalue weighted by atomic mass is 10.1. The van der Waals surface area contributed by atoms with E-state index >= 15 is 0 Å². The molecule has 0 N–H and O–H groups in total. The Morgan fingerprint density at radius 2 is 1.68 bits per heavy atom. The van der Waals surface area contributed by atoms with Crippen molar-refractivity contribution in [3.8, 4) is 17.1 Å². The zero-order valence-electron chi connectivity index (χ0n) is 16.9. The number of hydrogen-bond donors (Lipinski definition) is 0. The van der Waals surface area contributed by atoms with Crippen LogP contribution >= 0.6 is 11.3 Å². The largest absolute Gasteiger partial charge is 0.488 e. The molecule has 0 atom stereocenters. The maximum atomic E-state index is 13.2. The third kappa shape index (κ3) is 3.73. The van der Waals surface area contributed by atoms with E-state index in [0.717, 1.165) is 28.0 Å². The van der Waals surface area contributed by atoms with Crippen molar-refractivity contribution in [3.05, 3.63) is 110 Å². The molecule has 0 unspecified atom stereocenters. The first kappa shape index (κ1) is 19.2. The second kappa shape index (κ2) is 8.16. The SMILES string of the molecule is Cc1ccccc1-c1nnc2s/c(=C/c3ccccc3OCc3ccccc3)c(=O)n12. The summed E-state index contributed by atoms with van der Waals surface area (Å²) < 4.78 is 8.22. The summed E-state index contributed by atoms with van der Waals surface area (Å²) in [6, 6.07) is 25.6. The molecule has 31 heavy (non-hydrogen) atoms. The van der Waals surface area contributed by atoms with E-state index < -0.39 is 0 Å². The highest BCUT2D eigenvalue weighted by molar-refractivity contribution is 7.15. The molecular weight excluding hydrogens is 406 g/mol. The highest BCUT2D eigenvalue weighted by Crippen LogP contribution is 2.23. The van der Waals surface area contributed by atoms with Gasteiger partial charge in [0, 0.05) is 11.1 Å². The van der Waals surface area contributed by atoms with Gasteiger partial charge in [0.15, 0.2) is 5.82 Å². The molecule has 0 radical (unpaired) electrons. The number of rotatable bonds is 5. The molecule has 3 aromatic carbocycles. The van der Waals surface area contributed by atoms with Crippen LogP contribution in [0.5, 0.6) is 5.75 Å². The van der Waals surface area contributed by atoms with Crippen molar-refractivity contribution in [3.63, 3.8) is 0 Å². The van der Waals surface area contributed by atoms with Gasteiger partial charge in [-0.25, -0.2) is 4.40 Å². The first-order valence-electron chi connectivity index (χ1n) is 9.92. The minimum atomic E-state index is -0.124. The highest BCUT2D eigenvalue weighted by atomic mass is 32.1. The van der Waals surface area contributed by atoms with Crippen molar-refractivity contribution in [2.75, 3.05) is 0 Å². The van der Waals surface area contributed by atoms with Crippen LogP contribution in [0.25, 0.3) is 22.4 Å². The van der Waals surface area contributed by atoms with Crippen molar-refractivity contribution in [2.24, 2.45) is 0 Å². The maximum absolute atomic E-state index is 13.2. The Hall–Kier alpha value is -3.77. The number of thiazole rings is 1. The average Bonchev–Trinajstić information content (AvgIpc) is 3.34. The first-order valence-corrected chi connectivity index (χ1v) is 10.7. The van der Waals surface area contributed by atoms with Crippen LogP contribution in [0, 0.1) is 6.92 Å². The molecule has 0 spiro atoms. The lowest BCUT2D eigenvalue weighted by Gasteiger charge is -2.08. The highest BCUT2D eigenvalue weighted by Gasteiger charge is 2.15. The fraction of sp³-hybridized carbons (Fsp3) is 0.0800. The van der Waals surface area contributed by atoms with Crippen molar-refractivity contribution in [1.82, 2.24) is 14.6 Å². The van der Waals surface area contributed by atoms with E-state index in [1.165, 1.54) is 11.3 Å². The minimum absolute atomic E-state index is 0.124. The molecule has 5 rings (SSSR count). The average molecular weight is 426 g/mol. The molecule has 0 aliphatic heterocycles. The molecule has 5 aromatic rings. The summed E-state index contributed by atoms with van der Waals surface area (Å²) in [5.41, 5.74) is 3.77. The van der Waals surface area contributed by atoms with Gasteiger partial charge in [0.2, 0.25) is 4.96 Å². The van der Waals surface area contributed by atoms with Gasteiger partial charge in [-0.1, -0.05) is 84.1 Å². The van der Waals surface area contributed by atoms with E-state index in [-0.39, 0.29) is 5.56 Å². The number of benzene rings is 3. The van der Waals surface area contributed by atoms with Gasteiger partial charge >= 0.3 is 0 Å². The summed E-state index contributed by atoms with van der Waals surface area (Å²) >= 11 is 1.33. The Kier molecular flexibility index (Phi) is 5.06. The number of ether oxygens (including phenoxy) is 1. The second-order valence-corrected chi connectivity index (χ2v) is 8.19. The lowest BCUT2D eigenvalue weighted by Crippen LogP contribution is -2.23. The number of aryl methyl sites for hydroxylation is 1. The molecule has 0 saturated carbocycles. The Bertz CT molecular complexity index is 1470. The van der Waals surface area contributed by atoms with Crippen LogP contribution in [-0.2, 0) is 6.61 Å². The summed E-state index contributed by atoms with van der Waals surface area (Å²) in [4.78, 5) is 13.8. The molecule has 152 valence electrons. The van der Waals surface area contributed by atoms with Crippen LogP contribution < -0.4 is 14.8 Å². The zero-order valence-corrected chi connectivity index (χ0v) is 17.7. The fourth-order valence-corrected chi connectivity index (χ4v) is 4.37. The van der Waals surface area contributed by atoms with Crippen LogP contribution in [0.3, 0.4) is 0 Å². The van der Waals surface area contributed by atoms with Crippen LogP contribution in [0.4, 0.5) is 0 Å². The predicted molar refractivity (Wildman–Crippen MR) is 123 cm³/mol. The summed E-state index contributed by atoms with van der Waals surface area (Å²) in [7, 11) is 0. The number of hydrogen-bond acceptors (Lipinski definition) is 5. The molecule has 0 fully saturated rings. The topological polar surface area (TPSA) is 56.5 Å². The molecular formula is C25H19N3O2S. The number of aromatic nitrogens is 3. The number of para-hydroxylation sites is 1.